The Kier molecular flexibility index (Phi) is 7.45. The molecule has 3 heteroatoms. The molecule has 0 spiro atoms. The van der Waals surface area contributed by atoms with E-state index >= 15 is 0 Å². The van der Waals surface area contributed by atoms with Crippen LogP contribution in [0.5, 0.6) is 0 Å². The van der Waals surface area contributed by atoms with Gasteiger partial charge in [-0.2, -0.15) is 0 Å². The van der Waals surface area contributed by atoms with Gasteiger partial charge in [-0.25, -0.2) is 0 Å². The quantitative estimate of drug-likeness (QED) is 0.528. The van der Waals surface area contributed by atoms with Crippen molar-refractivity contribution in [1.29, 1.82) is 0 Å². The second-order valence-corrected chi connectivity index (χ2v) is 3.21. The first-order valence-corrected chi connectivity index (χ1v) is 4.73. The first-order chi connectivity index (χ1) is 5.70. The summed E-state index contributed by atoms with van der Waals surface area (Å²) in [6.07, 6.45) is 2.38. The monoisotopic (exact) mass is 175 g/mol. The molecule has 0 saturated carbocycles. The fourth-order valence-electron chi connectivity index (χ4n) is 1.10. The second kappa shape index (κ2) is 7.53. The summed E-state index contributed by atoms with van der Waals surface area (Å²) in [5, 5.41) is 20.9. The van der Waals surface area contributed by atoms with Gasteiger partial charge < -0.3 is 15.5 Å². The van der Waals surface area contributed by atoms with Gasteiger partial charge in [0.1, 0.15) is 0 Å². The molecule has 0 heterocycles. The van der Waals surface area contributed by atoms with Crippen molar-refractivity contribution in [2.45, 2.75) is 45.3 Å². The molecule has 2 unspecified atom stereocenters. The third-order valence-corrected chi connectivity index (χ3v) is 1.97. The molecular weight excluding hydrogens is 154 g/mol. The van der Waals surface area contributed by atoms with Crippen molar-refractivity contribution >= 4 is 0 Å². The van der Waals surface area contributed by atoms with Crippen LogP contribution in [0.25, 0.3) is 0 Å². The van der Waals surface area contributed by atoms with E-state index in [1.165, 1.54) is 0 Å². The first-order valence-electron chi connectivity index (χ1n) is 4.73. The van der Waals surface area contributed by atoms with Crippen LogP contribution in [0.4, 0.5) is 0 Å². The summed E-state index contributed by atoms with van der Waals surface area (Å²) in [5.74, 6) is 0. The van der Waals surface area contributed by atoms with Crippen molar-refractivity contribution in [3.8, 4) is 0 Å². The Morgan fingerprint density at radius 3 is 2.42 bits per heavy atom. The predicted molar refractivity (Wildman–Crippen MR) is 50.1 cm³/mol. The molecule has 0 aromatic carbocycles. The highest BCUT2D eigenvalue weighted by Gasteiger charge is 2.04. The zero-order valence-corrected chi connectivity index (χ0v) is 8.08. The van der Waals surface area contributed by atoms with E-state index in [0.29, 0.717) is 6.04 Å². The molecule has 0 fully saturated rings. The van der Waals surface area contributed by atoms with Gasteiger partial charge in [0.25, 0.3) is 0 Å². The molecule has 0 saturated heterocycles. The van der Waals surface area contributed by atoms with E-state index in [0.717, 1.165) is 25.8 Å². The zero-order valence-electron chi connectivity index (χ0n) is 8.08. The molecule has 0 radical (unpaired) electrons. The maximum absolute atomic E-state index is 8.98. The number of rotatable bonds is 7. The highest BCUT2D eigenvalue weighted by Crippen LogP contribution is 1.97. The summed E-state index contributed by atoms with van der Waals surface area (Å²) in [7, 11) is 0. The summed E-state index contributed by atoms with van der Waals surface area (Å²) >= 11 is 0. The fraction of sp³-hybridized carbons (Fsp3) is 1.00. The molecule has 12 heavy (non-hydrogen) atoms. The highest BCUT2D eigenvalue weighted by molar-refractivity contribution is 4.64. The SMILES string of the molecule is CCC(CCO)NCCC(C)O. The summed E-state index contributed by atoms with van der Waals surface area (Å²) < 4.78 is 0. The topological polar surface area (TPSA) is 52.5 Å². The van der Waals surface area contributed by atoms with E-state index in [1.807, 2.05) is 0 Å². The number of aliphatic hydroxyl groups excluding tert-OH is 2. The van der Waals surface area contributed by atoms with E-state index in [-0.39, 0.29) is 12.7 Å². The molecule has 0 amide bonds. The molecule has 2 atom stereocenters. The Bertz CT molecular complexity index is 96.5. The molecule has 3 N–H and O–H groups in total. The lowest BCUT2D eigenvalue weighted by Crippen LogP contribution is -2.31. The number of nitrogens with one attached hydrogen (secondary N) is 1. The molecular formula is C9H21NO2. The van der Waals surface area contributed by atoms with Crippen LogP contribution >= 0.6 is 0 Å². The van der Waals surface area contributed by atoms with Gasteiger partial charge in [-0.05, 0) is 32.7 Å². The molecule has 0 aliphatic heterocycles. The lowest BCUT2D eigenvalue weighted by Gasteiger charge is -2.15. The molecule has 3 nitrogen and oxygen atoms in total. The molecule has 0 aromatic rings. The van der Waals surface area contributed by atoms with E-state index in [2.05, 4.69) is 12.2 Å². The minimum absolute atomic E-state index is 0.232. The Morgan fingerprint density at radius 2 is 2.00 bits per heavy atom. The molecule has 0 aromatic heterocycles. The van der Waals surface area contributed by atoms with Crippen molar-refractivity contribution in [2.75, 3.05) is 13.2 Å². The van der Waals surface area contributed by atoms with Crippen molar-refractivity contribution in [2.24, 2.45) is 0 Å². The van der Waals surface area contributed by atoms with Gasteiger partial charge in [0.15, 0.2) is 0 Å². The molecule has 0 aliphatic carbocycles. The molecule has 0 rings (SSSR count). The van der Waals surface area contributed by atoms with Gasteiger partial charge >= 0.3 is 0 Å². The zero-order chi connectivity index (χ0) is 9.40. The summed E-state index contributed by atoms with van der Waals surface area (Å²) in [4.78, 5) is 0. The van der Waals surface area contributed by atoms with Crippen molar-refractivity contribution in [1.82, 2.24) is 5.32 Å². The lowest BCUT2D eigenvalue weighted by molar-refractivity contribution is 0.180. The normalized spacial score (nSPS) is 16.0. The lowest BCUT2D eigenvalue weighted by atomic mass is 10.1. The average Bonchev–Trinajstić information content (AvgIpc) is 2.02. The van der Waals surface area contributed by atoms with E-state index in [4.69, 9.17) is 10.2 Å². The largest absolute Gasteiger partial charge is 0.396 e. The van der Waals surface area contributed by atoms with Crippen LogP contribution in [-0.2, 0) is 0 Å². The van der Waals surface area contributed by atoms with E-state index in [9.17, 15) is 0 Å². The number of aliphatic hydroxyl groups is 2. The Balaban J connectivity index is 3.31. The van der Waals surface area contributed by atoms with Crippen LogP contribution in [0, 0.1) is 0 Å². The molecule has 74 valence electrons. The maximum Gasteiger partial charge on any atom is 0.0524 e. The Labute approximate surface area is 74.8 Å². The maximum atomic E-state index is 8.98. The predicted octanol–water partition coefficient (Wildman–Crippen LogP) is 0.508. The van der Waals surface area contributed by atoms with Crippen LogP contribution in [0.1, 0.15) is 33.1 Å². The van der Waals surface area contributed by atoms with Gasteiger partial charge in [-0.3, -0.25) is 0 Å². The average molecular weight is 175 g/mol. The van der Waals surface area contributed by atoms with Gasteiger partial charge in [0, 0.05) is 12.6 Å². The number of hydrogen-bond acceptors (Lipinski definition) is 3. The summed E-state index contributed by atoms with van der Waals surface area (Å²) in [5.41, 5.74) is 0. The minimum atomic E-state index is -0.232. The van der Waals surface area contributed by atoms with Gasteiger partial charge in [0.2, 0.25) is 0 Å². The van der Waals surface area contributed by atoms with Gasteiger partial charge in [-0.15, -0.1) is 0 Å². The van der Waals surface area contributed by atoms with Crippen molar-refractivity contribution < 1.29 is 10.2 Å². The van der Waals surface area contributed by atoms with Crippen LogP contribution in [-0.4, -0.2) is 35.5 Å². The smallest absolute Gasteiger partial charge is 0.0524 e. The van der Waals surface area contributed by atoms with E-state index < -0.39 is 0 Å². The third-order valence-electron chi connectivity index (χ3n) is 1.97. The first kappa shape index (κ1) is 11.9. The summed E-state index contributed by atoms with van der Waals surface area (Å²) in [6.45, 7) is 4.95. The summed E-state index contributed by atoms with van der Waals surface area (Å²) in [6, 6.07) is 0.397. The van der Waals surface area contributed by atoms with Crippen molar-refractivity contribution in [3.63, 3.8) is 0 Å². The second-order valence-electron chi connectivity index (χ2n) is 3.21. The molecule has 0 bridgehead atoms. The van der Waals surface area contributed by atoms with Crippen LogP contribution in [0.2, 0.25) is 0 Å². The van der Waals surface area contributed by atoms with Gasteiger partial charge in [0.05, 0.1) is 6.10 Å². The van der Waals surface area contributed by atoms with Crippen LogP contribution in [0.3, 0.4) is 0 Å². The van der Waals surface area contributed by atoms with Gasteiger partial charge in [-0.1, -0.05) is 6.92 Å². The van der Waals surface area contributed by atoms with E-state index in [1.54, 1.807) is 6.92 Å². The minimum Gasteiger partial charge on any atom is -0.396 e. The van der Waals surface area contributed by atoms with Crippen LogP contribution in [0.15, 0.2) is 0 Å². The van der Waals surface area contributed by atoms with Crippen LogP contribution < -0.4 is 5.32 Å². The third kappa shape index (κ3) is 6.58. The molecule has 0 aliphatic rings. The Morgan fingerprint density at radius 1 is 1.33 bits per heavy atom. The highest BCUT2D eigenvalue weighted by atomic mass is 16.3. The fourth-order valence-corrected chi connectivity index (χ4v) is 1.10. The number of hydrogen-bond donors (Lipinski definition) is 3. The Hall–Kier alpha value is -0.120. The van der Waals surface area contributed by atoms with Crippen molar-refractivity contribution in [3.05, 3.63) is 0 Å². The standard InChI is InChI=1S/C9H21NO2/c1-3-9(5-7-11)10-6-4-8(2)12/h8-12H,3-7H2,1-2H3.